The molecule has 3 rings (SSSR count). The molecule has 0 unspecified atom stereocenters. The van der Waals surface area contributed by atoms with E-state index >= 15 is 0 Å². The second kappa shape index (κ2) is 7.78. The molecule has 0 aliphatic heterocycles. The van der Waals surface area contributed by atoms with Gasteiger partial charge in [-0.1, -0.05) is 36.4 Å². The molecule has 0 aromatic heterocycles. The van der Waals surface area contributed by atoms with Crippen molar-refractivity contribution in [3.8, 4) is 0 Å². The average molecular weight is 351 g/mol. The number of benzene rings is 2. The van der Waals surface area contributed by atoms with Crippen LogP contribution in [-0.2, 0) is 9.59 Å². The number of aliphatic carboxylic acids is 1. The summed E-state index contributed by atoms with van der Waals surface area (Å²) in [6.45, 7) is 0. The van der Waals surface area contributed by atoms with Crippen molar-refractivity contribution in [1.29, 1.82) is 0 Å². The predicted octanol–water partition coefficient (Wildman–Crippen LogP) is 3.74. The van der Waals surface area contributed by atoms with Crippen molar-refractivity contribution in [1.82, 2.24) is 5.32 Å². The summed E-state index contributed by atoms with van der Waals surface area (Å²) in [5.41, 5.74) is 2.64. The summed E-state index contributed by atoms with van der Waals surface area (Å²) < 4.78 is 13.2. The molecule has 4 nitrogen and oxygen atoms in total. The first-order valence-electron chi connectivity index (χ1n) is 8.31. The molecule has 0 radical (unpaired) electrons. The van der Waals surface area contributed by atoms with E-state index in [0.29, 0.717) is 11.1 Å². The molecule has 1 amide bonds. The van der Waals surface area contributed by atoms with Crippen LogP contribution >= 0.6 is 0 Å². The van der Waals surface area contributed by atoms with Crippen LogP contribution in [0.3, 0.4) is 0 Å². The van der Waals surface area contributed by atoms with Crippen LogP contribution in [0.5, 0.6) is 0 Å². The molecule has 2 aromatic carbocycles. The van der Waals surface area contributed by atoms with Crippen molar-refractivity contribution in [3.05, 3.63) is 77.1 Å². The van der Waals surface area contributed by atoms with Crippen LogP contribution in [0.1, 0.15) is 29.5 Å². The Morgan fingerprint density at radius 1 is 1.00 bits per heavy atom. The van der Waals surface area contributed by atoms with Crippen molar-refractivity contribution < 1.29 is 19.1 Å². The van der Waals surface area contributed by atoms with Gasteiger partial charge >= 0.3 is 5.97 Å². The smallest absolute Gasteiger partial charge is 0.328 e. The maximum atomic E-state index is 13.2. The molecule has 2 N–H and O–H groups in total. The monoisotopic (exact) mass is 351 g/mol. The van der Waals surface area contributed by atoms with Crippen molar-refractivity contribution in [2.45, 2.75) is 18.9 Å². The summed E-state index contributed by atoms with van der Waals surface area (Å²) in [6.07, 6.45) is 6.27. The Morgan fingerprint density at radius 3 is 2.19 bits per heavy atom. The van der Waals surface area contributed by atoms with Crippen LogP contribution in [0.15, 0.2) is 54.6 Å². The number of carbonyl (C=O) groups excluding carboxylic acids is 1. The van der Waals surface area contributed by atoms with E-state index in [1.54, 1.807) is 42.5 Å². The van der Waals surface area contributed by atoms with E-state index in [-0.39, 0.29) is 17.8 Å². The highest BCUT2D eigenvalue weighted by Crippen LogP contribution is 2.24. The second-order valence-corrected chi connectivity index (χ2v) is 6.15. The Bertz CT molecular complexity index is 863. The number of carboxylic acids is 1. The van der Waals surface area contributed by atoms with Gasteiger partial charge in [0.05, 0.1) is 0 Å². The summed E-state index contributed by atoms with van der Waals surface area (Å²) in [5.74, 6) is -1.55. The highest BCUT2D eigenvalue weighted by molar-refractivity contribution is 6.24. The lowest BCUT2D eigenvalue weighted by molar-refractivity contribution is -0.131. The predicted molar refractivity (Wildman–Crippen MR) is 98.5 cm³/mol. The average Bonchev–Trinajstić information content (AvgIpc) is 3.43. The van der Waals surface area contributed by atoms with Crippen molar-refractivity contribution in [2.24, 2.45) is 0 Å². The number of rotatable bonds is 6. The number of carboxylic acid groups (broad SMARTS) is 1. The minimum absolute atomic E-state index is 0.186. The maximum absolute atomic E-state index is 13.2. The quantitative estimate of drug-likeness (QED) is 0.615. The zero-order valence-electron chi connectivity index (χ0n) is 14.0. The Balaban J connectivity index is 1.88. The first-order chi connectivity index (χ1) is 12.5. The van der Waals surface area contributed by atoms with E-state index in [2.05, 4.69) is 5.32 Å². The van der Waals surface area contributed by atoms with Crippen molar-refractivity contribution in [2.75, 3.05) is 0 Å². The molecule has 0 bridgehead atoms. The Labute approximate surface area is 150 Å². The molecule has 0 heterocycles. The van der Waals surface area contributed by atoms with Gasteiger partial charge in [-0.15, -0.1) is 0 Å². The largest absolute Gasteiger partial charge is 0.478 e. The fourth-order valence-electron chi connectivity index (χ4n) is 2.44. The van der Waals surface area contributed by atoms with Crippen LogP contribution < -0.4 is 5.32 Å². The molecule has 1 saturated carbocycles. The fourth-order valence-corrected chi connectivity index (χ4v) is 2.44. The Kier molecular flexibility index (Phi) is 5.27. The van der Waals surface area contributed by atoms with Crippen LogP contribution in [0.25, 0.3) is 17.7 Å². The minimum atomic E-state index is -1.01. The summed E-state index contributed by atoms with van der Waals surface area (Å²) in [7, 11) is 0. The van der Waals surface area contributed by atoms with Gasteiger partial charge in [0, 0.05) is 17.7 Å². The topological polar surface area (TPSA) is 66.4 Å². The number of carbonyl (C=O) groups is 2. The molecule has 0 saturated heterocycles. The van der Waals surface area contributed by atoms with E-state index in [0.717, 1.165) is 30.0 Å². The first-order valence-corrected chi connectivity index (χ1v) is 8.31. The van der Waals surface area contributed by atoms with Gasteiger partial charge in [-0.2, -0.15) is 0 Å². The number of amides is 1. The first kappa shape index (κ1) is 17.6. The summed E-state index contributed by atoms with van der Waals surface area (Å²) in [4.78, 5) is 23.1. The van der Waals surface area contributed by atoms with Gasteiger partial charge in [0.1, 0.15) is 5.82 Å². The van der Waals surface area contributed by atoms with Crippen LogP contribution in [0.2, 0.25) is 0 Å². The highest BCUT2D eigenvalue weighted by atomic mass is 19.1. The van der Waals surface area contributed by atoms with E-state index in [4.69, 9.17) is 5.11 Å². The molecule has 132 valence electrons. The third kappa shape index (κ3) is 4.89. The van der Waals surface area contributed by atoms with Crippen molar-refractivity contribution in [3.63, 3.8) is 0 Å². The lowest BCUT2D eigenvalue weighted by Crippen LogP contribution is -2.26. The molecular formula is C21H18FNO3. The zero-order valence-corrected chi connectivity index (χ0v) is 14.0. The third-order valence-electron chi connectivity index (χ3n) is 3.98. The van der Waals surface area contributed by atoms with Gasteiger partial charge < -0.3 is 10.4 Å². The molecule has 1 fully saturated rings. The van der Waals surface area contributed by atoms with Gasteiger partial charge in [-0.25, -0.2) is 9.18 Å². The maximum Gasteiger partial charge on any atom is 0.328 e. The Hall–Kier alpha value is -3.21. The normalized spacial score (nSPS) is 14.4. The molecule has 0 atom stereocenters. The molecule has 5 heteroatoms. The summed E-state index contributed by atoms with van der Waals surface area (Å²) in [6, 6.07) is 13.2. The fraction of sp³-hybridized carbons (Fsp3) is 0.143. The van der Waals surface area contributed by atoms with E-state index in [1.807, 2.05) is 0 Å². The second-order valence-electron chi connectivity index (χ2n) is 6.15. The van der Waals surface area contributed by atoms with Gasteiger partial charge in [-0.3, -0.25) is 4.79 Å². The van der Waals surface area contributed by atoms with Crippen LogP contribution in [-0.4, -0.2) is 23.0 Å². The van der Waals surface area contributed by atoms with Crippen LogP contribution in [0.4, 0.5) is 4.39 Å². The van der Waals surface area contributed by atoms with Gasteiger partial charge in [-0.05, 0) is 53.8 Å². The number of nitrogens with one attached hydrogen (secondary N) is 1. The van der Waals surface area contributed by atoms with E-state index in [9.17, 15) is 14.0 Å². The molecular weight excluding hydrogens is 333 g/mol. The summed E-state index contributed by atoms with van der Waals surface area (Å²) in [5, 5.41) is 11.6. The molecule has 1 aliphatic carbocycles. The molecule has 26 heavy (non-hydrogen) atoms. The number of halogens is 1. The molecule has 0 spiro atoms. The van der Waals surface area contributed by atoms with Crippen LogP contribution in [0, 0.1) is 5.82 Å². The standard InChI is InChI=1S/C21H18FNO3/c22-17-8-6-16(7-9-17)19(21(26)23-18-10-11-18)13-15-3-1-14(2-4-15)5-12-20(24)25/h1-9,12-13,18H,10-11H2,(H,23,26)(H,24,25)/b12-5?,19-13+. The zero-order chi connectivity index (χ0) is 18.5. The van der Waals surface area contributed by atoms with E-state index in [1.165, 1.54) is 18.2 Å². The Morgan fingerprint density at radius 2 is 1.62 bits per heavy atom. The summed E-state index contributed by atoms with van der Waals surface area (Å²) >= 11 is 0. The minimum Gasteiger partial charge on any atom is -0.478 e. The lowest BCUT2D eigenvalue weighted by Gasteiger charge is -2.09. The van der Waals surface area contributed by atoms with Gasteiger partial charge in [0.2, 0.25) is 0 Å². The third-order valence-corrected chi connectivity index (χ3v) is 3.98. The lowest BCUT2D eigenvalue weighted by atomic mass is 10.0. The van der Waals surface area contributed by atoms with E-state index < -0.39 is 5.97 Å². The highest BCUT2D eigenvalue weighted by Gasteiger charge is 2.25. The molecule has 2 aromatic rings. The molecule has 1 aliphatic rings. The number of hydrogen-bond acceptors (Lipinski definition) is 2. The van der Waals surface area contributed by atoms with Gasteiger partial charge in [0.25, 0.3) is 5.91 Å². The van der Waals surface area contributed by atoms with Crippen molar-refractivity contribution >= 4 is 29.6 Å². The van der Waals surface area contributed by atoms with Gasteiger partial charge in [0.15, 0.2) is 0 Å². The number of hydrogen-bond donors (Lipinski definition) is 2. The SMILES string of the molecule is O=C(O)C=Cc1ccc(/C=C(/C(=O)NC2CC2)c2ccc(F)cc2)cc1.